The number of hydrogen-bond acceptors (Lipinski definition) is 1. The fraction of sp³-hybridized carbons (Fsp3) is 0.571. The molecular formula is C14H23N. The van der Waals surface area contributed by atoms with Crippen molar-refractivity contribution in [3.8, 4) is 0 Å². The van der Waals surface area contributed by atoms with Crippen molar-refractivity contribution in [2.75, 3.05) is 5.73 Å². The SMILES string of the molecule is CCC(C)c1ccc(C(C)CC)c(N)c1. The number of benzene rings is 1. The topological polar surface area (TPSA) is 26.0 Å². The molecule has 1 aromatic carbocycles. The molecule has 0 aliphatic carbocycles. The molecule has 0 bridgehead atoms. The zero-order valence-corrected chi connectivity index (χ0v) is 10.4. The third-order valence-electron chi connectivity index (χ3n) is 3.44. The molecule has 2 N–H and O–H groups in total. The lowest BCUT2D eigenvalue weighted by Gasteiger charge is -2.16. The second kappa shape index (κ2) is 5.20. The summed E-state index contributed by atoms with van der Waals surface area (Å²) < 4.78 is 0. The summed E-state index contributed by atoms with van der Waals surface area (Å²) in [5.74, 6) is 1.18. The van der Waals surface area contributed by atoms with Gasteiger partial charge in [0, 0.05) is 5.69 Å². The van der Waals surface area contributed by atoms with E-state index in [1.807, 2.05) is 0 Å². The highest BCUT2D eigenvalue weighted by molar-refractivity contribution is 5.51. The first-order chi connectivity index (χ1) is 7.10. The van der Waals surface area contributed by atoms with Crippen LogP contribution in [0, 0.1) is 0 Å². The molecule has 0 saturated carbocycles. The van der Waals surface area contributed by atoms with E-state index in [0.29, 0.717) is 11.8 Å². The van der Waals surface area contributed by atoms with Crippen molar-refractivity contribution in [1.82, 2.24) is 0 Å². The Kier molecular flexibility index (Phi) is 4.19. The Labute approximate surface area is 93.7 Å². The highest BCUT2D eigenvalue weighted by atomic mass is 14.6. The van der Waals surface area contributed by atoms with Crippen molar-refractivity contribution in [3.63, 3.8) is 0 Å². The van der Waals surface area contributed by atoms with Gasteiger partial charge in [-0.1, -0.05) is 39.8 Å². The van der Waals surface area contributed by atoms with E-state index in [1.165, 1.54) is 17.5 Å². The van der Waals surface area contributed by atoms with E-state index >= 15 is 0 Å². The van der Waals surface area contributed by atoms with Gasteiger partial charge in [0.2, 0.25) is 0 Å². The smallest absolute Gasteiger partial charge is 0.0352 e. The van der Waals surface area contributed by atoms with Gasteiger partial charge in [0.1, 0.15) is 0 Å². The standard InChI is InChI=1S/C14H23N/c1-5-10(3)12-7-8-13(11(4)6-2)14(15)9-12/h7-11H,5-6,15H2,1-4H3. The molecule has 0 spiro atoms. The molecule has 2 unspecified atom stereocenters. The van der Waals surface area contributed by atoms with Gasteiger partial charge in [0.15, 0.2) is 0 Å². The van der Waals surface area contributed by atoms with Crippen LogP contribution in [0.1, 0.15) is 63.5 Å². The monoisotopic (exact) mass is 205 g/mol. The van der Waals surface area contributed by atoms with Crippen molar-refractivity contribution >= 4 is 5.69 Å². The van der Waals surface area contributed by atoms with E-state index in [-0.39, 0.29) is 0 Å². The minimum absolute atomic E-state index is 0.566. The van der Waals surface area contributed by atoms with Crippen LogP contribution < -0.4 is 5.73 Å². The zero-order chi connectivity index (χ0) is 11.4. The van der Waals surface area contributed by atoms with Crippen LogP contribution in [0.4, 0.5) is 5.69 Å². The van der Waals surface area contributed by atoms with Gasteiger partial charge in [-0.15, -0.1) is 0 Å². The van der Waals surface area contributed by atoms with Crippen LogP contribution in [0.15, 0.2) is 18.2 Å². The van der Waals surface area contributed by atoms with Gasteiger partial charge in [-0.05, 0) is 41.9 Å². The van der Waals surface area contributed by atoms with Crippen LogP contribution in [0.5, 0.6) is 0 Å². The fourth-order valence-electron chi connectivity index (χ4n) is 1.80. The van der Waals surface area contributed by atoms with Crippen LogP contribution in [0.2, 0.25) is 0 Å². The molecule has 0 amide bonds. The number of hydrogen-bond donors (Lipinski definition) is 1. The van der Waals surface area contributed by atoms with E-state index in [2.05, 4.69) is 45.9 Å². The maximum absolute atomic E-state index is 6.09. The molecule has 0 saturated heterocycles. The Morgan fingerprint density at radius 1 is 1.07 bits per heavy atom. The molecule has 0 radical (unpaired) electrons. The lowest BCUT2D eigenvalue weighted by Crippen LogP contribution is -2.01. The lowest BCUT2D eigenvalue weighted by atomic mass is 9.92. The quantitative estimate of drug-likeness (QED) is 0.729. The molecule has 1 aromatic rings. The van der Waals surface area contributed by atoms with Crippen LogP contribution in [0.25, 0.3) is 0 Å². The van der Waals surface area contributed by atoms with Crippen molar-refractivity contribution < 1.29 is 0 Å². The summed E-state index contributed by atoms with van der Waals surface area (Å²) in [5.41, 5.74) is 9.71. The molecule has 0 aliphatic rings. The minimum atomic E-state index is 0.566. The van der Waals surface area contributed by atoms with Gasteiger partial charge in [-0.2, -0.15) is 0 Å². The summed E-state index contributed by atoms with van der Waals surface area (Å²) in [6, 6.07) is 6.58. The van der Waals surface area contributed by atoms with Gasteiger partial charge < -0.3 is 5.73 Å². The summed E-state index contributed by atoms with van der Waals surface area (Å²) in [7, 11) is 0. The van der Waals surface area contributed by atoms with Crippen molar-refractivity contribution in [3.05, 3.63) is 29.3 Å². The molecule has 0 heterocycles. The van der Waals surface area contributed by atoms with Crippen molar-refractivity contribution in [2.45, 2.75) is 52.4 Å². The third-order valence-corrected chi connectivity index (χ3v) is 3.44. The van der Waals surface area contributed by atoms with Crippen LogP contribution in [0.3, 0.4) is 0 Å². The highest BCUT2D eigenvalue weighted by Crippen LogP contribution is 2.28. The average molecular weight is 205 g/mol. The molecule has 15 heavy (non-hydrogen) atoms. The summed E-state index contributed by atoms with van der Waals surface area (Å²) in [4.78, 5) is 0. The van der Waals surface area contributed by atoms with Crippen LogP contribution >= 0.6 is 0 Å². The van der Waals surface area contributed by atoms with Crippen LogP contribution in [-0.2, 0) is 0 Å². The third kappa shape index (κ3) is 2.74. The van der Waals surface area contributed by atoms with Crippen molar-refractivity contribution in [1.29, 1.82) is 0 Å². The summed E-state index contributed by atoms with van der Waals surface area (Å²) in [6.07, 6.45) is 2.31. The first-order valence-corrected chi connectivity index (χ1v) is 5.99. The molecule has 84 valence electrons. The van der Waals surface area contributed by atoms with E-state index in [9.17, 15) is 0 Å². The first-order valence-electron chi connectivity index (χ1n) is 5.99. The molecule has 2 atom stereocenters. The molecule has 0 aliphatic heterocycles. The summed E-state index contributed by atoms with van der Waals surface area (Å²) in [5, 5.41) is 0. The molecule has 1 nitrogen and oxygen atoms in total. The predicted octanol–water partition coefficient (Wildman–Crippen LogP) is 4.30. The Bertz CT molecular complexity index is 317. The summed E-state index contributed by atoms with van der Waals surface area (Å²) >= 11 is 0. The molecule has 0 aromatic heterocycles. The normalized spacial score (nSPS) is 14.9. The number of rotatable bonds is 4. The fourth-order valence-corrected chi connectivity index (χ4v) is 1.80. The number of anilines is 1. The maximum atomic E-state index is 6.09. The van der Waals surface area contributed by atoms with Gasteiger partial charge >= 0.3 is 0 Å². The largest absolute Gasteiger partial charge is 0.398 e. The predicted molar refractivity (Wildman–Crippen MR) is 68.3 cm³/mol. The number of nitrogen functional groups attached to an aromatic ring is 1. The second-order valence-corrected chi connectivity index (χ2v) is 4.51. The second-order valence-electron chi connectivity index (χ2n) is 4.51. The zero-order valence-electron chi connectivity index (χ0n) is 10.4. The van der Waals surface area contributed by atoms with Crippen molar-refractivity contribution in [2.24, 2.45) is 0 Å². The maximum Gasteiger partial charge on any atom is 0.0352 e. The Morgan fingerprint density at radius 2 is 1.67 bits per heavy atom. The first kappa shape index (κ1) is 12.1. The Morgan fingerprint density at radius 3 is 2.13 bits per heavy atom. The van der Waals surface area contributed by atoms with E-state index in [0.717, 1.165) is 12.1 Å². The van der Waals surface area contributed by atoms with Gasteiger partial charge in [0.05, 0.1) is 0 Å². The molecule has 0 fully saturated rings. The Balaban J connectivity index is 2.97. The highest BCUT2D eigenvalue weighted by Gasteiger charge is 2.09. The summed E-state index contributed by atoms with van der Waals surface area (Å²) in [6.45, 7) is 8.89. The van der Waals surface area contributed by atoms with Crippen LogP contribution in [-0.4, -0.2) is 0 Å². The van der Waals surface area contributed by atoms with Gasteiger partial charge in [-0.25, -0.2) is 0 Å². The van der Waals surface area contributed by atoms with E-state index < -0.39 is 0 Å². The van der Waals surface area contributed by atoms with E-state index in [4.69, 9.17) is 5.73 Å². The van der Waals surface area contributed by atoms with Gasteiger partial charge in [-0.3, -0.25) is 0 Å². The van der Waals surface area contributed by atoms with Gasteiger partial charge in [0.25, 0.3) is 0 Å². The minimum Gasteiger partial charge on any atom is -0.398 e. The number of nitrogens with two attached hydrogens (primary N) is 1. The van der Waals surface area contributed by atoms with E-state index in [1.54, 1.807) is 0 Å². The molecule has 1 rings (SSSR count). The Hall–Kier alpha value is -0.980. The molecule has 1 heteroatoms. The molecular weight excluding hydrogens is 182 g/mol. The lowest BCUT2D eigenvalue weighted by molar-refractivity contribution is 0.721. The average Bonchev–Trinajstić information content (AvgIpc) is 2.26.